The lowest BCUT2D eigenvalue weighted by Crippen LogP contribution is -2.07. The molecule has 0 spiro atoms. The topological polar surface area (TPSA) is 37.3 Å². The summed E-state index contributed by atoms with van der Waals surface area (Å²) in [6.07, 6.45) is 0. The molecule has 0 radical (unpaired) electrons. The van der Waals surface area contributed by atoms with E-state index in [0.29, 0.717) is 11.1 Å². The van der Waals surface area contributed by atoms with Crippen molar-refractivity contribution < 1.29 is 13.8 Å². The fourth-order valence-corrected chi connectivity index (χ4v) is 2.75. The van der Waals surface area contributed by atoms with Crippen LogP contribution in [0.25, 0.3) is 11.1 Å². The van der Waals surface area contributed by atoms with Crippen molar-refractivity contribution in [1.82, 2.24) is 0 Å². The van der Waals surface area contributed by atoms with Crippen LogP contribution >= 0.6 is 7.37 Å². The first-order valence-electron chi connectivity index (χ1n) is 5.15. The SMILES string of the molecule is CP(=O)(O)c1ccccc1-c1ccccc1F. The second-order valence-corrected chi connectivity index (χ2v) is 6.12. The van der Waals surface area contributed by atoms with Gasteiger partial charge in [0.05, 0.1) is 0 Å². The summed E-state index contributed by atoms with van der Waals surface area (Å²) in [5.41, 5.74) is 0.818. The van der Waals surface area contributed by atoms with Crippen LogP contribution < -0.4 is 5.30 Å². The summed E-state index contributed by atoms with van der Waals surface area (Å²) in [7, 11) is -3.41. The Bertz CT molecular complexity index is 589. The summed E-state index contributed by atoms with van der Waals surface area (Å²) in [5, 5.41) is 0.283. The Morgan fingerprint density at radius 2 is 1.53 bits per heavy atom. The highest BCUT2D eigenvalue weighted by atomic mass is 31.2. The highest BCUT2D eigenvalue weighted by molar-refractivity contribution is 7.65. The maximum Gasteiger partial charge on any atom is 0.227 e. The molecule has 0 fully saturated rings. The molecule has 1 atom stereocenters. The molecule has 0 aromatic heterocycles. The summed E-state index contributed by atoms with van der Waals surface area (Å²) < 4.78 is 25.4. The minimum absolute atomic E-state index is 0.283. The third-order valence-electron chi connectivity index (χ3n) is 2.52. The van der Waals surface area contributed by atoms with Crippen LogP contribution in [0.5, 0.6) is 0 Å². The Labute approximate surface area is 99.2 Å². The van der Waals surface area contributed by atoms with Crippen LogP contribution in [0.1, 0.15) is 0 Å². The van der Waals surface area contributed by atoms with Gasteiger partial charge in [0.2, 0.25) is 7.37 Å². The van der Waals surface area contributed by atoms with Crippen molar-refractivity contribution in [1.29, 1.82) is 0 Å². The molecule has 4 heteroatoms. The van der Waals surface area contributed by atoms with Gasteiger partial charge in [-0.2, -0.15) is 0 Å². The molecule has 2 nitrogen and oxygen atoms in total. The van der Waals surface area contributed by atoms with E-state index in [0.717, 1.165) is 0 Å². The van der Waals surface area contributed by atoms with Crippen molar-refractivity contribution in [2.24, 2.45) is 0 Å². The molecule has 0 saturated carbocycles. The highest BCUT2D eigenvalue weighted by Gasteiger charge is 2.19. The number of rotatable bonds is 2. The minimum atomic E-state index is -3.41. The minimum Gasteiger partial charge on any atom is -0.341 e. The summed E-state index contributed by atoms with van der Waals surface area (Å²) >= 11 is 0. The lowest BCUT2D eigenvalue weighted by Gasteiger charge is -2.12. The average Bonchev–Trinajstić information content (AvgIpc) is 2.28. The van der Waals surface area contributed by atoms with E-state index < -0.39 is 13.2 Å². The molecule has 2 aromatic carbocycles. The van der Waals surface area contributed by atoms with Gasteiger partial charge in [-0.3, -0.25) is 4.57 Å². The van der Waals surface area contributed by atoms with Gasteiger partial charge >= 0.3 is 0 Å². The van der Waals surface area contributed by atoms with Crippen molar-refractivity contribution in [3.63, 3.8) is 0 Å². The molecule has 2 aromatic rings. The van der Waals surface area contributed by atoms with Crippen molar-refractivity contribution in [2.45, 2.75) is 0 Å². The van der Waals surface area contributed by atoms with Crippen molar-refractivity contribution >= 4 is 12.7 Å². The van der Waals surface area contributed by atoms with Gasteiger partial charge in [-0.25, -0.2) is 4.39 Å². The Hall–Kier alpha value is -1.44. The average molecular weight is 250 g/mol. The van der Waals surface area contributed by atoms with Gasteiger partial charge in [0, 0.05) is 17.5 Å². The second kappa shape index (κ2) is 4.44. The molecule has 88 valence electrons. The third-order valence-corrected chi connectivity index (χ3v) is 3.80. The Morgan fingerprint density at radius 1 is 1.00 bits per heavy atom. The zero-order valence-corrected chi connectivity index (χ0v) is 10.2. The predicted molar refractivity (Wildman–Crippen MR) is 67.2 cm³/mol. The summed E-state index contributed by atoms with van der Waals surface area (Å²) in [6, 6.07) is 12.8. The first-order valence-corrected chi connectivity index (χ1v) is 7.25. The van der Waals surface area contributed by atoms with E-state index >= 15 is 0 Å². The molecule has 1 N–H and O–H groups in total. The maximum atomic E-state index is 13.7. The van der Waals surface area contributed by atoms with Gasteiger partial charge in [0.1, 0.15) is 5.82 Å². The van der Waals surface area contributed by atoms with E-state index in [2.05, 4.69) is 0 Å². The molecule has 0 aliphatic carbocycles. The molecule has 0 saturated heterocycles. The van der Waals surface area contributed by atoms with Gasteiger partial charge in [0.15, 0.2) is 0 Å². The molecule has 0 aliphatic rings. The molecule has 17 heavy (non-hydrogen) atoms. The van der Waals surface area contributed by atoms with Crippen molar-refractivity contribution in [3.8, 4) is 11.1 Å². The smallest absolute Gasteiger partial charge is 0.227 e. The first-order chi connectivity index (χ1) is 8.00. The first kappa shape index (κ1) is 12.0. The number of hydrogen-bond acceptors (Lipinski definition) is 1. The molecule has 2 rings (SSSR count). The van der Waals surface area contributed by atoms with E-state index in [1.807, 2.05) is 0 Å². The van der Waals surface area contributed by atoms with Gasteiger partial charge in [-0.05, 0) is 17.7 Å². The molecular weight excluding hydrogens is 238 g/mol. The van der Waals surface area contributed by atoms with E-state index in [4.69, 9.17) is 0 Å². The summed E-state index contributed by atoms with van der Waals surface area (Å²) in [5.74, 6) is -0.395. The van der Waals surface area contributed by atoms with E-state index in [1.165, 1.54) is 12.7 Å². The van der Waals surface area contributed by atoms with Crippen LogP contribution in [0.4, 0.5) is 4.39 Å². The normalized spacial score (nSPS) is 14.3. The van der Waals surface area contributed by atoms with Crippen LogP contribution in [0.3, 0.4) is 0 Å². The summed E-state index contributed by atoms with van der Waals surface area (Å²) in [6.45, 7) is 1.26. The van der Waals surface area contributed by atoms with Crippen molar-refractivity contribution in [3.05, 3.63) is 54.3 Å². The Morgan fingerprint density at radius 3 is 2.12 bits per heavy atom. The van der Waals surface area contributed by atoms with Crippen LogP contribution in [0, 0.1) is 5.82 Å². The van der Waals surface area contributed by atoms with Crippen LogP contribution in [0.15, 0.2) is 48.5 Å². The Kier molecular flexibility index (Phi) is 3.14. The largest absolute Gasteiger partial charge is 0.341 e. The fraction of sp³-hybridized carbons (Fsp3) is 0.0769. The molecular formula is C13H12FO2P. The predicted octanol–water partition coefficient (Wildman–Crippen LogP) is 3.02. The van der Waals surface area contributed by atoms with Gasteiger partial charge in [-0.1, -0.05) is 36.4 Å². The maximum absolute atomic E-state index is 13.7. The van der Waals surface area contributed by atoms with Crippen molar-refractivity contribution in [2.75, 3.05) is 6.66 Å². The van der Waals surface area contributed by atoms with Crippen LogP contribution in [0.2, 0.25) is 0 Å². The second-order valence-electron chi connectivity index (χ2n) is 3.88. The molecule has 0 heterocycles. The van der Waals surface area contributed by atoms with Crippen LogP contribution in [-0.2, 0) is 4.57 Å². The highest BCUT2D eigenvalue weighted by Crippen LogP contribution is 2.38. The van der Waals surface area contributed by atoms with Gasteiger partial charge in [-0.15, -0.1) is 0 Å². The fourth-order valence-electron chi connectivity index (χ4n) is 1.74. The number of halogens is 1. The standard InChI is InChI=1S/C13H12FO2P/c1-17(15,16)13-9-5-3-7-11(13)10-6-2-4-8-12(10)14/h2-9H,1H3,(H,15,16). The van der Waals surface area contributed by atoms with E-state index in [1.54, 1.807) is 42.5 Å². The third kappa shape index (κ3) is 2.46. The summed E-state index contributed by atoms with van der Waals surface area (Å²) in [4.78, 5) is 9.66. The number of benzene rings is 2. The molecule has 0 amide bonds. The van der Waals surface area contributed by atoms with Gasteiger partial charge in [0.25, 0.3) is 0 Å². The number of hydrogen-bond donors (Lipinski definition) is 1. The van der Waals surface area contributed by atoms with Crippen LogP contribution in [-0.4, -0.2) is 11.6 Å². The quantitative estimate of drug-likeness (QED) is 0.832. The Balaban J connectivity index is 2.69. The zero-order chi connectivity index (χ0) is 12.5. The monoisotopic (exact) mass is 250 g/mol. The lowest BCUT2D eigenvalue weighted by atomic mass is 10.1. The zero-order valence-electron chi connectivity index (χ0n) is 9.30. The van der Waals surface area contributed by atoms with E-state index in [9.17, 15) is 13.8 Å². The molecule has 0 bridgehead atoms. The van der Waals surface area contributed by atoms with Gasteiger partial charge < -0.3 is 4.89 Å². The van der Waals surface area contributed by atoms with E-state index in [-0.39, 0.29) is 5.30 Å². The molecule has 0 aliphatic heterocycles. The molecule has 1 unspecified atom stereocenters. The lowest BCUT2D eigenvalue weighted by molar-refractivity contribution is 0.496.